The molecule has 0 heterocycles. The zero-order valence-corrected chi connectivity index (χ0v) is 9.63. The molecule has 3 atom stereocenters. The number of amidine groups is 1. The van der Waals surface area contributed by atoms with Crippen molar-refractivity contribution in [1.29, 1.82) is 5.41 Å². The molecule has 2 rings (SSSR count). The summed E-state index contributed by atoms with van der Waals surface area (Å²) in [4.78, 5) is 0. The maximum absolute atomic E-state index is 10.6. The summed E-state index contributed by atoms with van der Waals surface area (Å²) < 4.78 is 5.72. The zero-order valence-electron chi connectivity index (χ0n) is 9.63. The van der Waals surface area contributed by atoms with Crippen LogP contribution in [0.2, 0.25) is 0 Å². The van der Waals surface area contributed by atoms with Crippen molar-refractivity contribution in [2.24, 2.45) is 17.6 Å². The van der Waals surface area contributed by atoms with Crippen LogP contribution >= 0.6 is 0 Å². The molecule has 4 heteroatoms. The fourth-order valence-electron chi connectivity index (χ4n) is 2.15. The Kier molecular flexibility index (Phi) is 3.64. The molecule has 0 bridgehead atoms. The van der Waals surface area contributed by atoms with Crippen LogP contribution in [-0.2, 0) is 5.11 Å². The molecule has 17 heavy (non-hydrogen) atoms. The number of ether oxygens (including phenoxy) is 1. The Labute approximate surface area is 101 Å². The first-order valence-electron chi connectivity index (χ1n) is 5.86. The first kappa shape index (κ1) is 11.9. The average molecular weight is 233 g/mol. The second-order valence-corrected chi connectivity index (χ2v) is 4.46. The van der Waals surface area contributed by atoms with Gasteiger partial charge in [0.1, 0.15) is 11.6 Å². The summed E-state index contributed by atoms with van der Waals surface area (Å²) in [5.41, 5.74) is 5.56. The van der Waals surface area contributed by atoms with E-state index < -0.39 is 0 Å². The lowest BCUT2D eigenvalue weighted by atomic mass is 10.1. The molecule has 1 aliphatic carbocycles. The van der Waals surface area contributed by atoms with E-state index in [4.69, 9.17) is 15.9 Å². The maximum atomic E-state index is 10.6. The van der Waals surface area contributed by atoms with Crippen LogP contribution in [0.5, 0.6) is 5.75 Å². The Hall–Kier alpha value is -1.55. The third-order valence-electron chi connectivity index (χ3n) is 3.17. The van der Waals surface area contributed by atoms with Gasteiger partial charge in [-0.1, -0.05) is 18.2 Å². The molecule has 0 aliphatic heterocycles. The minimum absolute atomic E-state index is 0.0484. The summed E-state index contributed by atoms with van der Waals surface area (Å²) in [5.74, 6) is 1.39. The van der Waals surface area contributed by atoms with Gasteiger partial charge in [0.2, 0.25) is 0 Å². The van der Waals surface area contributed by atoms with Gasteiger partial charge in [-0.25, -0.2) is 5.11 Å². The van der Waals surface area contributed by atoms with E-state index in [1.807, 2.05) is 30.3 Å². The first-order chi connectivity index (χ1) is 8.22. The second-order valence-electron chi connectivity index (χ2n) is 4.46. The molecule has 4 nitrogen and oxygen atoms in total. The highest BCUT2D eigenvalue weighted by Crippen LogP contribution is 2.44. The Morgan fingerprint density at radius 3 is 2.76 bits per heavy atom. The quantitative estimate of drug-likeness (QED) is 0.580. The summed E-state index contributed by atoms with van der Waals surface area (Å²) >= 11 is 0. The predicted octanol–water partition coefficient (Wildman–Crippen LogP) is 1.83. The summed E-state index contributed by atoms with van der Waals surface area (Å²) in [6.45, 7) is -0.0584. The van der Waals surface area contributed by atoms with Gasteiger partial charge in [-0.05, 0) is 30.9 Å². The highest BCUT2D eigenvalue weighted by molar-refractivity contribution is 5.82. The first-order valence-corrected chi connectivity index (χ1v) is 5.86. The predicted molar refractivity (Wildman–Crippen MR) is 64.5 cm³/mol. The van der Waals surface area contributed by atoms with Crippen molar-refractivity contribution < 1.29 is 9.84 Å². The van der Waals surface area contributed by atoms with Gasteiger partial charge in [-0.15, -0.1) is 0 Å². The molecule has 0 amide bonds. The van der Waals surface area contributed by atoms with Crippen LogP contribution in [0.1, 0.15) is 12.8 Å². The lowest BCUT2D eigenvalue weighted by molar-refractivity contribution is 0.175. The topological polar surface area (TPSA) is 79.0 Å². The Bertz CT molecular complexity index is 380. The SMILES string of the molecule is N=C(N)C(Oc1ccccc1)C1CC1CC[O]. The van der Waals surface area contributed by atoms with Gasteiger partial charge in [0.05, 0.1) is 6.61 Å². The second kappa shape index (κ2) is 5.19. The molecule has 0 spiro atoms. The summed E-state index contributed by atoms with van der Waals surface area (Å²) in [6, 6.07) is 9.37. The van der Waals surface area contributed by atoms with Crippen molar-refractivity contribution in [1.82, 2.24) is 0 Å². The Morgan fingerprint density at radius 2 is 2.18 bits per heavy atom. The van der Waals surface area contributed by atoms with Crippen molar-refractivity contribution >= 4 is 5.84 Å². The van der Waals surface area contributed by atoms with E-state index in [9.17, 15) is 5.11 Å². The van der Waals surface area contributed by atoms with Crippen molar-refractivity contribution in [2.75, 3.05) is 6.61 Å². The largest absolute Gasteiger partial charge is 0.482 e. The van der Waals surface area contributed by atoms with Crippen LogP contribution in [0.3, 0.4) is 0 Å². The van der Waals surface area contributed by atoms with E-state index in [0.717, 1.165) is 12.2 Å². The molecule has 1 aliphatic rings. The molecule has 1 aromatic rings. The number of nitrogens with one attached hydrogen (secondary N) is 1. The Balaban J connectivity index is 1.98. The van der Waals surface area contributed by atoms with Crippen LogP contribution in [0.25, 0.3) is 0 Å². The molecule has 1 aromatic carbocycles. The van der Waals surface area contributed by atoms with Crippen LogP contribution in [0.4, 0.5) is 0 Å². The van der Waals surface area contributed by atoms with E-state index in [-0.39, 0.29) is 24.5 Å². The Morgan fingerprint density at radius 1 is 1.47 bits per heavy atom. The van der Waals surface area contributed by atoms with Crippen LogP contribution in [-0.4, -0.2) is 18.5 Å². The van der Waals surface area contributed by atoms with Gasteiger partial charge in [0.25, 0.3) is 0 Å². The number of benzene rings is 1. The smallest absolute Gasteiger partial charge is 0.158 e. The van der Waals surface area contributed by atoms with E-state index in [1.165, 1.54) is 0 Å². The molecule has 1 radical (unpaired) electrons. The van der Waals surface area contributed by atoms with E-state index in [0.29, 0.717) is 12.3 Å². The minimum atomic E-state index is -0.381. The van der Waals surface area contributed by atoms with Gasteiger partial charge < -0.3 is 10.5 Å². The average Bonchev–Trinajstić information content (AvgIpc) is 3.07. The third kappa shape index (κ3) is 2.97. The number of rotatable bonds is 6. The summed E-state index contributed by atoms with van der Waals surface area (Å²) in [6.07, 6.45) is 1.22. The van der Waals surface area contributed by atoms with Crippen molar-refractivity contribution in [3.8, 4) is 5.75 Å². The molecular weight excluding hydrogens is 216 g/mol. The van der Waals surface area contributed by atoms with Crippen molar-refractivity contribution in [2.45, 2.75) is 18.9 Å². The lowest BCUT2D eigenvalue weighted by Crippen LogP contribution is -2.35. The van der Waals surface area contributed by atoms with Crippen molar-refractivity contribution in [3.63, 3.8) is 0 Å². The standard InChI is InChI=1S/C13H17N2O2/c14-13(15)12(11-8-9(11)6-7-16)17-10-4-2-1-3-5-10/h1-5,9,11-12H,6-8H2,(H3,14,15). The number of hydrogen-bond acceptors (Lipinski definition) is 2. The van der Waals surface area contributed by atoms with Gasteiger partial charge in [0, 0.05) is 5.92 Å². The van der Waals surface area contributed by atoms with Crippen LogP contribution in [0.15, 0.2) is 30.3 Å². The maximum Gasteiger partial charge on any atom is 0.158 e. The fourth-order valence-corrected chi connectivity index (χ4v) is 2.15. The van der Waals surface area contributed by atoms with Gasteiger partial charge >= 0.3 is 0 Å². The lowest BCUT2D eigenvalue weighted by Gasteiger charge is -2.17. The monoisotopic (exact) mass is 233 g/mol. The van der Waals surface area contributed by atoms with Crippen molar-refractivity contribution in [3.05, 3.63) is 30.3 Å². The normalized spacial score (nSPS) is 24.1. The molecule has 1 fully saturated rings. The van der Waals surface area contributed by atoms with Gasteiger partial charge in [0.15, 0.2) is 6.10 Å². The minimum Gasteiger partial charge on any atom is -0.482 e. The van der Waals surface area contributed by atoms with E-state index >= 15 is 0 Å². The molecule has 91 valence electrons. The summed E-state index contributed by atoms with van der Waals surface area (Å²) in [7, 11) is 0. The number of para-hydroxylation sites is 1. The van der Waals surface area contributed by atoms with E-state index in [1.54, 1.807) is 0 Å². The molecular formula is C13H17N2O2. The highest BCUT2D eigenvalue weighted by atomic mass is 16.5. The van der Waals surface area contributed by atoms with Gasteiger partial charge in [-0.3, -0.25) is 5.41 Å². The number of nitrogens with two attached hydrogens (primary N) is 1. The van der Waals surface area contributed by atoms with E-state index in [2.05, 4.69) is 0 Å². The summed E-state index contributed by atoms with van der Waals surface area (Å²) in [5, 5.41) is 18.1. The molecule has 0 aromatic heterocycles. The highest BCUT2D eigenvalue weighted by Gasteiger charge is 2.45. The number of hydrogen-bond donors (Lipinski definition) is 2. The molecule has 0 saturated heterocycles. The molecule has 3 N–H and O–H groups in total. The van der Waals surface area contributed by atoms with Crippen LogP contribution < -0.4 is 10.5 Å². The third-order valence-corrected chi connectivity index (χ3v) is 3.17. The molecule has 3 unspecified atom stereocenters. The van der Waals surface area contributed by atoms with Crippen LogP contribution in [0, 0.1) is 17.2 Å². The zero-order chi connectivity index (χ0) is 12.3. The van der Waals surface area contributed by atoms with Gasteiger partial charge in [-0.2, -0.15) is 0 Å². The fraction of sp³-hybridized carbons (Fsp3) is 0.462. The molecule has 1 saturated carbocycles.